The van der Waals surface area contributed by atoms with Crippen LogP contribution in [0.2, 0.25) is 13.1 Å². The van der Waals surface area contributed by atoms with Gasteiger partial charge in [0, 0.05) is 63.6 Å². The summed E-state index contributed by atoms with van der Waals surface area (Å²) >= 11 is 0. The standard InChI is InChI=1S/C32H19FN3O2.C24H27FNSi.Ir/c1-17-16-23-19-8-3-6-13-26(19)37-29(23)18(2)28(17)36-25-12-5-4-11-24(25)34-31(36)22-10-7-9-20-21-14-15-27(33)35-32(21)38-30(20)22;1-17(2)13-19-15-23(21-12-11-18(3)14-22(21)25)26-16-24(19)27(4,5)20-9-7-6-8-10-20;/h3-9,11-16H,1-2H3;6-11,14-17H,13H2,1-5H3;/q2*-1;/i;3D3;. The van der Waals surface area contributed by atoms with Gasteiger partial charge in [-0.05, 0) is 79.0 Å². The molecule has 5 aromatic heterocycles. The van der Waals surface area contributed by atoms with Gasteiger partial charge in [0.15, 0.2) is 0 Å². The summed E-state index contributed by atoms with van der Waals surface area (Å²) in [7, 11) is -1.98. The van der Waals surface area contributed by atoms with Gasteiger partial charge < -0.3 is 18.4 Å². The van der Waals surface area contributed by atoms with Crippen LogP contribution in [0.15, 0.2) is 142 Å². The van der Waals surface area contributed by atoms with Crippen molar-refractivity contribution in [3.05, 3.63) is 180 Å². The van der Waals surface area contributed by atoms with Crippen LogP contribution in [0.25, 0.3) is 83.4 Å². The third kappa shape index (κ3) is 7.87. The van der Waals surface area contributed by atoms with E-state index >= 15 is 0 Å². The van der Waals surface area contributed by atoms with E-state index in [9.17, 15) is 8.78 Å². The molecule has 11 aromatic rings. The topological polar surface area (TPSA) is 69.9 Å². The van der Waals surface area contributed by atoms with Gasteiger partial charge in [-0.1, -0.05) is 128 Å². The number of para-hydroxylation sites is 3. The summed E-state index contributed by atoms with van der Waals surface area (Å²) in [6.07, 6.45) is 2.75. The molecule has 0 fully saturated rings. The van der Waals surface area contributed by atoms with Gasteiger partial charge in [-0.2, -0.15) is 9.37 Å². The summed E-state index contributed by atoms with van der Waals surface area (Å²) in [6.45, 7) is 10.8. The zero-order chi connectivity index (χ0) is 47.6. The van der Waals surface area contributed by atoms with Crippen molar-refractivity contribution < 1.29 is 41.8 Å². The average molecular weight is 1070 g/mol. The van der Waals surface area contributed by atoms with Crippen molar-refractivity contribution >= 4 is 73.5 Å². The molecule has 1 radical (unpaired) electrons. The number of pyridine rings is 2. The van der Waals surface area contributed by atoms with Crippen molar-refractivity contribution in [1.82, 2.24) is 19.5 Å². The fourth-order valence-corrected chi connectivity index (χ4v) is 11.9. The Bertz CT molecular complexity index is 3730. The van der Waals surface area contributed by atoms with Gasteiger partial charge >= 0.3 is 0 Å². The third-order valence-corrected chi connectivity index (χ3v) is 15.8. The minimum Gasteiger partial charge on any atom is -0.486 e. The third-order valence-electron chi connectivity index (χ3n) is 12.3. The molecule has 0 atom stereocenters. The van der Waals surface area contributed by atoms with Crippen LogP contribution < -0.4 is 10.4 Å². The maximum atomic E-state index is 14.7. The summed E-state index contributed by atoms with van der Waals surface area (Å²) in [5, 5.41) is 6.33. The van der Waals surface area contributed by atoms with Crippen LogP contribution >= 0.6 is 0 Å². The summed E-state index contributed by atoms with van der Waals surface area (Å²) in [5.41, 5.74) is 9.91. The zero-order valence-corrected chi connectivity index (χ0v) is 40.6. The van der Waals surface area contributed by atoms with Gasteiger partial charge in [0.1, 0.15) is 19.2 Å². The molecular formula is C56H46F2IrN4O2Si-2. The van der Waals surface area contributed by atoms with E-state index in [2.05, 4.69) is 110 Å². The number of nitrogens with zero attached hydrogens (tertiary/aromatic N) is 4. The van der Waals surface area contributed by atoms with E-state index in [1.165, 1.54) is 28.1 Å². The second kappa shape index (κ2) is 17.7. The van der Waals surface area contributed by atoms with Crippen molar-refractivity contribution in [2.45, 2.75) is 54.1 Å². The number of aryl methyl sites for hydroxylation is 3. The predicted octanol–water partition coefficient (Wildman–Crippen LogP) is 13.5. The van der Waals surface area contributed by atoms with Crippen molar-refractivity contribution in [2.75, 3.05) is 0 Å². The molecule has 0 aliphatic rings. The van der Waals surface area contributed by atoms with Gasteiger partial charge in [0.2, 0.25) is 11.7 Å². The molecule has 10 heteroatoms. The van der Waals surface area contributed by atoms with Gasteiger partial charge in [0.25, 0.3) is 0 Å². The molecule has 6 aromatic carbocycles. The maximum Gasteiger partial charge on any atom is 0.218 e. The van der Waals surface area contributed by atoms with E-state index in [4.69, 9.17) is 17.9 Å². The van der Waals surface area contributed by atoms with Gasteiger partial charge in [0.05, 0.1) is 22.4 Å². The molecule has 11 rings (SSSR count). The fraction of sp³-hybridized carbons (Fsp3) is 0.161. The molecule has 0 saturated heterocycles. The summed E-state index contributed by atoms with van der Waals surface area (Å²) in [6, 6.07) is 46.1. The molecular weight excluding hydrogens is 1020 g/mol. The van der Waals surface area contributed by atoms with Crippen LogP contribution in [0.4, 0.5) is 8.78 Å². The molecule has 0 spiro atoms. The van der Waals surface area contributed by atoms with E-state index in [1.54, 1.807) is 6.07 Å². The number of halogens is 2. The van der Waals surface area contributed by atoms with Crippen molar-refractivity contribution in [2.24, 2.45) is 5.92 Å². The number of hydrogen-bond acceptors (Lipinski definition) is 5. The maximum absolute atomic E-state index is 14.7. The van der Waals surface area contributed by atoms with Crippen LogP contribution in [-0.4, -0.2) is 27.6 Å². The molecule has 0 saturated carbocycles. The number of rotatable bonds is 7. The largest absolute Gasteiger partial charge is 0.486 e. The Hall–Kier alpha value is -6.58. The first-order valence-corrected chi connectivity index (χ1v) is 24.6. The molecule has 0 unspecified atom stereocenters. The normalized spacial score (nSPS) is 12.7. The van der Waals surface area contributed by atoms with E-state index in [0.717, 1.165) is 73.0 Å². The SMILES string of the molecule is Cc1cc2c(oc3ccccc32)c(C)c1-n1c(-c2[c-]ccc3c2oc2nc(F)ccc23)nc2ccccc21.[2H]C([2H])([2H])c1c[c-]c(-c2cc(CC(C)C)c([Si](C)(C)c3ccccc3)cn2)c(F)c1.[Ir]. The zero-order valence-electron chi connectivity index (χ0n) is 40.2. The quantitative estimate of drug-likeness (QED) is 0.0904. The predicted molar refractivity (Wildman–Crippen MR) is 262 cm³/mol. The summed E-state index contributed by atoms with van der Waals surface area (Å²) in [5.74, 6) is -0.0806. The van der Waals surface area contributed by atoms with Crippen molar-refractivity contribution in [3.63, 3.8) is 0 Å². The van der Waals surface area contributed by atoms with Crippen LogP contribution in [0, 0.1) is 50.5 Å². The average Bonchev–Trinajstić information content (AvgIpc) is 4.00. The van der Waals surface area contributed by atoms with E-state index < -0.39 is 26.7 Å². The molecule has 331 valence electrons. The number of aromatic nitrogens is 4. The monoisotopic (exact) mass is 1070 g/mol. The summed E-state index contributed by atoms with van der Waals surface area (Å²) < 4.78 is 65.7. The second-order valence-electron chi connectivity index (χ2n) is 17.5. The molecule has 0 amide bonds. The van der Waals surface area contributed by atoms with Crippen LogP contribution in [-0.2, 0) is 26.5 Å². The van der Waals surface area contributed by atoms with E-state index in [0.29, 0.717) is 28.6 Å². The number of furan rings is 2. The Morgan fingerprint density at radius 1 is 0.773 bits per heavy atom. The number of imidazole rings is 1. The molecule has 5 heterocycles. The van der Waals surface area contributed by atoms with E-state index in [-0.39, 0.29) is 36.9 Å². The minimum atomic E-state index is -2.36. The van der Waals surface area contributed by atoms with Gasteiger partial charge in [-0.25, -0.2) is 0 Å². The first-order chi connectivity index (χ1) is 32.6. The molecule has 0 aliphatic heterocycles. The van der Waals surface area contributed by atoms with Crippen molar-refractivity contribution in [3.8, 4) is 28.3 Å². The first-order valence-electron chi connectivity index (χ1n) is 23.1. The number of hydrogen-bond donors (Lipinski definition) is 0. The van der Waals surface area contributed by atoms with Gasteiger partial charge in [-0.15, -0.1) is 42.0 Å². The van der Waals surface area contributed by atoms with Crippen LogP contribution in [0.1, 0.15) is 40.2 Å². The number of benzene rings is 6. The van der Waals surface area contributed by atoms with Crippen LogP contribution in [0.5, 0.6) is 0 Å². The van der Waals surface area contributed by atoms with E-state index in [1.807, 2.05) is 66.9 Å². The smallest absolute Gasteiger partial charge is 0.218 e. The molecule has 0 aliphatic carbocycles. The first kappa shape index (κ1) is 40.9. The molecule has 66 heavy (non-hydrogen) atoms. The number of fused-ring (bicyclic) bond motifs is 7. The molecule has 0 N–H and O–H groups in total. The Balaban J connectivity index is 0.000000175. The Labute approximate surface area is 400 Å². The van der Waals surface area contributed by atoms with Crippen LogP contribution in [0.3, 0.4) is 0 Å². The Morgan fingerprint density at radius 3 is 2.33 bits per heavy atom. The summed E-state index contributed by atoms with van der Waals surface area (Å²) in [4.78, 5) is 13.6. The Kier molecular flexibility index (Phi) is 10.9. The second-order valence-corrected chi connectivity index (χ2v) is 21.9. The molecule has 0 bridgehead atoms. The van der Waals surface area contributed by atoms with Crippen molar-refractivity contribution in [1.29, 1.82) is 0 Å². The fourth-order valence-electron chi connectivity index (χ4n) is 9.19. The molecule has 6 nitrogen and oxygen atoms in total. The Morgan fingerprint density at radius 2 is 1.55 bits per heavy atom. The van der Waals surface area contributed by atoms with Gasteiger partial charge in [-0.3, -0.25) is 9.37 Å². The minimum absolute atomic E-state index is 0.